The van der Waals surface area contributed by atoms with Gasteiger partial charge in [0.15, 0.2) is 0 Å². The zero-order valence-electron chi connectivity index (χ0n) is 11.2. The minimum absolute atomic E-state index is 0.298. The second-order valence-corrected chi connectivity index (χ2v) is 4.56. The van der Waals surface area contributed by atoms with Gasteiger partial charge in [-0.05, 0) is 17.7 Å². The molecule has 1 aromatic heterocycles. The van der Waals surface area contributed by atoms with E-state index in [-0.39, 0.29) is 12.5 Å². The van der Waals surface area contributed by atoms with Gasteiger partial charge in [-0.2, -0.15) is 0 Å². The summed E-state index contributed by atoms with van der Waals surface area (Å²) in [4.78, 5) is 24.0. The van der Waals surface area contributed by atoms with Gasteiger partial charge in [-0.3, -0.25) is 9.59 Å². The van der Waals surface area contributed by atoms with Crippen LogP contribution < -0.4 is 0 Å². The van der Waals surface area contributed by atoms with Gasteiger partial charge in [0.2, 0.25) is 0 Å². The minimum atomic E-state index is -1.03. The highest BCUT2D eigenvalue weighted by Gasteiger charge is 2.17. The Morgan fingerprint density at radius 2 is 1.85 bits per heavy atom. The molecular weight excluding hydrogens is 256 g/mol. The van der Waals surface area contributed by atoms with E-state index in [1.165, 1.54) is 11.9 Å². The highest BCUT2D eigenvalue weighted by molar-refractivity contribution is 5.94. The Bertz CT molecular complexity index is 605. The van der Waals surface area contributed by atoms with Crippen LogP contribution in [0.5, 0.6) is 0 Å². The zero-order chi connectivity index (χ0) is 14.5. The molecule has 0 atom stereocenters. The van der Waals surface area contributed by atoms with Crippen molar-refractivity contribution in [2.24, 2.45) is 0 Å². The number of hydrogen-bond donors (Lipinski definition) is 1. The molecule has 5 nitrogen and oxygen atoms in total. The van der Waals surface area contributed by atoms with E-state index in [1.807, 2.05) is 41.1 Å². The Kier molecular flexibility index (Phi) is 4.20. The van der Waals surface area contributed by atoms with Gasteiger partial charge in [0, 0.05) is 19.8 Å². The molecular formula is C15H16N2O3. The number of carboxylic acid groups (broad SMARTS) is 1. The van der Waals surface area contributed by atoms with Crippen molar-refractivity contribution in [2.75, 3.05) is 13.6 Å². The first-order chi connectivity index (χ1) is 9.58. The summed E-state index contributed by atoms with van der Waals surface area (Å²) in [5, 5.41) is 8.73. The molecule has 2 aromatic rings. The Balaban J connectivity index is 2.16. The predicted molar refractivity (Wildman–Crippen MR) is 74.6 cm³/mol. The number of carbonyl (C=O) groups is 2. The lowest BCUT2D eigenvalue weighted by Crippen LogP contribution is -2.33. The molecule has 1 amide bonds. The summed E-state index contributed by atoms with van der Waals surface area (Å²) in [6, 6.07) is 13.3. The standard InChI is InChI=1S/C15H16N2O3/c1-16(11-14(18)19)15(20)13-8-5-9-17(13)10-12-6-3-2-4-7-12/h2-9H,10-11H2,1H3,(H,18,19). The maximum Gasteiger partial charge on any atom is 0.323 e. The van der Waals surface area contributed by atoms with Gasteiger partial charge in [-0.1, -0.05) is 30.3 Å². The van der Waals surface area contributed by atoms with E-state index in [2.05, 4.69) is 0 Å². The highest BCUT2D eigenvalue weighted by Crippen LogP contribution is 2.10. The van der Waals surface area contributed by atoms with Gasteiger partial charge in [0.25, 0.3) is 5.91 Å². The molecule has 0 radical (unpaired) electrons. The number of likely N-dealkylation sites (N-methyl/N-ethyl adjacent to an activating group) is 1. The number of hydrogen-bond acceptors (Lipinski definition) is 2. The fraction of sp³-hybridized carbons (Fsp3) is 0.200. The molecule has 104 valence electrons. The second-order valence-electron chi connectivity index (χ2n) is 4.56. The molecule has 0 unspecified atom stereocenters. The van der Waals surface area contributed by atoms with E-state index in [9.17, 15) is 9.59 Å². The molecule has 0 bridgehead atoms. The lowest BCUT2D eigenvalue weighted by atomic mass is 10.2. The van der Waals surface area contributed by atoms with Crippen molar-refractivity contribution in [1.82, 2.24) is 9.47 Å². The molecule has 0 aliphatic rings. The number of nitrogens with zero attached hydrogens (tertiary/aromatic N) is 2. The number of aliphatic carboxylic acids is 1. The second kappa shape index (κ2) is 6.06. The number of amides is 1. The molecule has 0 spiro atoms. The summed E-state index contributed by atoms with van der Waals surface area (Å²) < 4.78 is 1.82. The number of aromatic nitrogens is 1. The van der Waals surface area contributed by atoms with Gasteiger partial charge in [-0.25, -0.2) is 0 Å². The van der Waals surface area contributed by atoms with Crippen molar-refractivity contribution in [3.05, 3.63) is 59.9 Å². The topological polar surface area (TPSA) is 62.5 Å². The van der Waals surface area contributed by atoms with Crippen molar-refractivity contribution in [1.29, 1.82) is 0 Å². The van der Waals surface area contributed by atoms with E-state index < -0.39 is 5.97 Å². The Hall–Kier alpha value is -2.56. The highest BCUT2D eigenvalue weighted by atomic mass is 16.4. The average molecular weight is 272 g/mol. The first kappa shape index (κ1) is 13.9. The van der Waals surface area contributed by atoms with E-state index in [0.29, 0.717) is 12.2 Å². The first-order valence-corrected chi connectivity index (χ1v) is 6.24. The monoisotopic (exact) mass is 272 g/mol. The van der Waals surface area contributed by atoms with Gasteiger partial charge < -0.3 is 14.6 Å². The normalized spacial score (nSPS) is 10.2. The van der Waals surface area contributed by atoms with Gasteiger partial charge >= 0.3 is 5.97 Å². The van der Waals surface area contributed by atoms with Gasteiger partial charge in [-0.15, -0.1) is 0 Å². The predicted octanol–water partition coefficient (Wildman–Crippen LogP) is 1.69. The maximum atomic E-state index is 12.2. The Morgan fingerprint density at radius 3 is 2.50 bits per heavy atom. The summed E-state index contributed by atoms with van der Waals surface area (Å²) in [6.07, 6.45) is 1.81. The van der Waals surface area contributed by atoms with Crippen LogP contribution in [0.15, 0.2) is 48.7 Å². The third-order valence-electron chi connectivity index (χ3n) is 2.96. The quantitative estimate of drug-likeness (QED) is 0.901. The number of carbonyl (C=O) groups excluding carboxylic acids is 1. The fourth-order valence-electron chi connectivity index (χ4n) is 2.00. The van der Waals surface area contributed by atoms with Gasteiger partial charge in [0.1, 0.15) is 12.2 Å². The summed E-state index contributed by atoms with van der Waals surface area (Å²) in [5.74, 6) is -1.32. The fourth-order valence-corrected chi connectivity index (χ4v) is 2.00. The van der Waals surface area contributed by atoms with Crippen LogP contribution in [0.1, 0.15) is 16.1 Å². The zero-order valence-corrected chi connectivity index (χ0v) is 11.2. The molecule has 0 aliphatic heterocycles. The van der Waals surface area contributed by atoms with Crippen LogP contribution in [0.2, 0.25) is 0 Å². The maximum absolute atomic E-state index is 12.2. The molecule has 0 fully saturated rings. The Morgan fingerprint density at radius 1 is 1.15 bits per heavy atom. The van der Waals surface area contributed by atoms with E-state index in [1.54, 1.807) is 12.1 Å². The average Bonchev–Trinajstić information content (AvgIpc) is 2.86. The lowest BCUT2D eigenvalue weighted by molar-refractivity contribution is -0.137. The van der Waals surface area contributed by atoms with Crippen molar-refractivity contribution >= 4 is 11.9 Å². The Labute approximate surface area is 117 Å². The van der Waals surface area contributed by atoms with Crippen LogP contribution in [0.3, 0.4) is 0 Å². The number of benzene rings is 1. The first-order valence-electron chi connectivity index (χ1n) is 6.24. The van der Waals surface area contributed by atoms with Crippen LogP contribution in [0, 0.1) is 0 Å². The van der Waals surface area contributed by atoms with Gasteiger partial charge in [0.05, 0.1) is 0 Å². The molecule has 2 rings (SSSR count). The summed E-state index contributed by atoms with van der Waals surface area (Å²) in [5.41, 5.74) is 1.57. The number of rotatable bonds is 5. The molecule has 5 heteroatoms. The molecule has 1 aromatic carbocycles. The van der Waals surface area contributed by atoms with Crippen LogP contribution >= 0.6 is 0 Å². The third kappa shape index (κ3) is 3.26. The third-order valence-corrected chi connectivity index (χ3v) is 2.96. The number of carboxylic acids is 1. The van der Waals surface area contributed by atoms with Crippen LogP contribution in [0.25, 0.3) is 0 Å². The summed E-state index contributed by atoms with van der Waals surface area (Å²) in [6.45, 7) is 0.269. The van der Waals surface area contributed by atoms with E-state index >= 15 is 0 Å². The van der Waals surface area contributed by atoms with Crippen molar-refractivity contribution < 1.29 is 14.7 Å². The molecule has 1 heterocycles. The van der Waals surface area contributed by atoms with E-state index in [4.69, 9.17) is 5.11 Å². The molecule has 0 aliphatic carbocycles. The van der Waals surface area contributed by atoms with Crippen molar-refractivity contribution in [3.8, 4) is 0 Å². The van der Waals surface area contributed by atoms with Crippen molar-refractivity contribution in [3.63, 3.8) is 0 Å². The van der Waals surface area contributed by atoms with Crippen LogP contribution in [0.4, 0.5) is 0 Å². The largest absolute Gasteiger partial charge is 0.480 e. The van der Waals surface area contributed by atoms with Crippen LogP contribution in [-0.2, 0) is 11.3 Å². The molecule has 0 saturated heterocycles. The summed E-state index contributed by atoms with van der Waals surface area (Å²) in [7, 11) is 1.48. The lowest BCUT2D eigenvalue weighted by Gasteiger charge is -2.16. The smallest absolute Gasteiger partial charge is 0.323 e. The molecule has 0 saturated carbocycles. The van der Waals surface area contributed by atoms with Crippen LogP contribution in [-0.4, -0.2) is 40.0 Å². The SMILES string of the molecule is CN(CC(=O)O)C(=O)c1cccn1Cc1ccccc1. The van der Waals surface area contributed by atoms with E-state index in [0.717, 1.165) is 5.56 Å². The minimum Gasteiger partial charge on any atom is -0.480 e. The van der Waals surface area contributed by atoms with Crippen molar-refractivity contribution in [2.45, 2.75) is 6.54 Å². The summed E-state index contributed by atoms with van der Waals surface area (Å²) >= 11 is 0. The molecule has 20 heavy (non-hydrogen) atoms. The molecule has 1 N–H and O–H groups in total.